The third-order valence-corrected chi connectivity index (χ3v) is 4.16. The Morgan fingerprint density at radius 1 is 1.10 bits per heavy atom. The van der Waals surface area contributed by atoms with Gasteiger partial charge in [0.25, 0.3) is 0 Å². The molecule has 0 amide bonds. The van der Waals surface area contributed by atoms with E-state index in [1.807, 2.05) is 18.2 Å². The van der Waals surface area contributed by atoms with Crippen LogP contribution in [0.1, 0.15) is 29.9 Å². The van der Waals surface area contributed by atoms with Crippen molar-refractivity contribution in [2.45, 2.75) is 25.3 Å². The van der Waals surface area contributed by atoms with E-state index in [4.69, 9.17) is 0 Å². The van der Waals surface area contributed by atoms with Crippen LogP contribution in [-0.4, -0.2) is 0 Å². The third kappa shape index (κ3) is 2.85. The van der Waals surface area contributed by atoms with Gasteiger partial charge < -0.3 is 5.32 Å². The fourth-order valence-electron chi connectivity index (χ4n) is 2.34. The van der Waals surface area contributed by atoms with Gasteiger partial charge in [0.15, 0.2) is 0 Å². The van der Waals surface area contributed by atoms with E-state index in [9.17, 15) is 8.78 Å². The highest BCUT2D eigenvalue weighted by Gasteiger charge is 2.25. The van der Waals surface area contributed by atoms with Crippen molar-refractivity contribution >= 4 is 21.6 Å². The number of nitrogens with one attached hydrogen (secondary N) is 1. The third-order valence-electron chi connectivity index (χ3n) is 3.55. The normalized spacial score (nSPS) is 14.3. The minimum atomic E-state index is -0.468. The Kier molecular flexibility index (Phi) is 3.74. The average Bonchev–Trinajstić information content (AvgIpc) is 3.26. The lowest BCUT2D eigenvalue weighted by Crippen LogP contribution is -2.04. The number of hydrogen-bond acceptors (Lipinski definition) is 1. The second kappa shape index (κ2) is 5.52. The van der Waals surface area contributed by atoms with Crippen molar-refractivity contribution in [3.63, 3.8) is 0 Å². The van der Waals surface area contributed by atoms with Crippen LogP contribution in [-0.2, 0) is 6.54 Å². The molecule has 0 saturated heterocycles. The zero-order chi connectivity index (χ0) is 14.1. The van der Waals surface area contributed by atoms with Crippen LogP contribution in [0.15, 0.2) is 40.9 Å². The van der Waals surface area contributed by atoms with E-state index in [-0.39, 0.29) is 10.2 Å². The zero-order valence-corrected chi connectivity index (χ0v) is 12.4. The summed E-state index contributed by atoms with van der Waals surface area (Å²) < 4.78 is 27.3. The molecular weight excluding hydrogens is 324 g/mol. The van der Waals surface area contributed by atoms with E-state index in [0.29, 0.717) is 12.5 Å². The van der Waals surface area contributed by atoms with Crippen LogP contribution < -0.4 is 5.32 Å². The summed E-state index contributed by atoms with van der Waals surface area (Å²) in [6.45, 7) is 0.505. The first-order chi connectivity index (χ1) is 9.65. The SMILES string of the molecule is Fc1cc(NCc2ccccc2C2CC2)c(F)cc1Br. The highest BCUT2D eigenvalue weighted by molar-refractivity contribution is 9.10. The highest BCUT2D eigenvalue weighted by atomic mass is 79.9. The van der Waals surface area contributed by atoms with Gasteiger partial charge in [0, 0.05) is 12.6 Å². The van der Waals surface area contributed by atoms with Gasteiger partial charge in [0.05, 0.1) is 10.2 Å². The lowest BCUT2D eigenvalue weighted by molar-refractivity contribution is 0.596. The Balaban J connectivity index is 1.78. The van der Waals surface area contributed by atoms with Crippen molar-refractivity contribution in [1.82, 2.24) is 0 Å². The summed E-state index contributed by atoms with van der Waals surface area (Å²) in [5, 5.41) is 2.98. The van der Waals surface area contributed by atoms with Crippen molar-refractivity contribution < 1.29 is 8.78 Å². The Hall–Kier alpha value is -1.42. The molecule has 1 fully saturated rings. The predicted molar refractivity (Wildman–Crippen MR) is 79.8 cm³/mol. The quantitative estimate of drug-likeness (QED) is 0.754. The average molecular weight is 338 g/mol. The molecule has 104 valence electrons. The van der Waals surface area contributed by atoms with Crippen LogP contribution in [0.25, 0.3) is 0 Å². The van der Waals surface area contributed by atoms with Crippen LogP contribution in [0, 0.1) is 11.6 Å². The molecule has 0 atom stereocenters. The molecule has 2 aromatic carbocycles. The highest BCUT2D eigenvalue weighted by Crippen LogP contribution is 2.41. The number of rotatable bonds is 4. The molecule has 3 rings (SSSR count). The lowest BCUT2D eigenvalue weighted by atomic mass is 10.0. The first kappa shape index (κ1) is 13.6. The van der Waals surface area contributed by atoms with Crippen LogP contribution in [0.4, 0.5) is 14.5 Å². The molecule has 0 unspecified atom stereocenters. The van der Waals surface area contributed by atoms with E-state index >= 15 is 0 Å². The topological polar surface area (TPSA) is 12.0 Å². The molecular formula is C16H14BrF2N. The van der Waals surface area contributed by atoms with Crippen molar-refractivity contribution in [2.24, 2.45) is 0 Å². The molecule has 0 bridgehead atoms. The molecule has 0 radical (unpaired) electrons. The minimum Gasteiger partial charge on any atom is -0.379 e. The smallest absolute Gasteiger partial charge is 0.147 e. The Morgan fingerprint density at radius 2 is 1.85 bits per heavy atom. The standard InChI is InChI=1S/C16H14BrF2N/c17-13-7-15(19)16(8-14(13)18)20-9-11-3-1-2-4-12(11)10-5-6-10/h1-4,7-8,10,20H,5-6,9H2. The first-order valence-electron chi connectivity index (χ1n) is 6.61. The van der Waals surface area contributed by atoms with E-state index in [1.54, 1.807) is 0 Å². The summed E-state index contributed by atoms with van der Waals surface area (Å²) in [4.78, 5) is 0. The minimum absolute atomic E-state index is 0.138. The van der Waals surface area contributed by atoms with Crippen LogP contribution in [0.3, 0.4) is 0 Å². The van der Waals surface area contributed by atoms with E-state index in [0.717, 1.165) is 11.6 Å². The van der Waals surface area contributed by atoms with Gasteiger partial charge >= 0.3 is 0 Å². The summed E-state index contributed by atoms with van der Waals surface area (Å²) in [6.07, 6.45) is 2.44. The molecule has 1 aliphatic rings. The zero-order valence-electron chi connectivity index (χ0n) is 10.8. The number of halogens is 3. The Labute approximate surface area is 125 Å². The van der Waals surface area contributed by atoms with Crippen molar-refractivity contribution in [3.8, 4) is 0 Å². The first-order valence-corrected chi connectivity index (χ1v) is 7.40. The van der Waals surface area contributed by atoms with Gasteiger partial charge in [-0.1, -0.05) is 24.3 Å². The molecule has 1 aliphatic carbocycles. The molecule has 2 aromatic rings. The fourth-order valence-corrected chi connectivity index (χ4v) is 2.65. The summed E-state index contributed by atoms with van der Waals surface area (Å²) in [5.74, 6) is -0.286. The van der Waals surface area contributed by atoms with Gasteiger partial charge in [-0.15, -0.1) is 0 Å². The number of benzene rings is 2. The molecule has 1 nitrogen and oxygen atoms in total. The summed E-state index contributed by atoms with van der Waals surface area (Å²) in [7, 11) is 0. The number of hydrogen-bond donors (Lipinski definition) is 1. The maximum absolute atomic E-state index is 13.7. The maximum Gasteiger partial charge on any atom is 0.147 e. The second-order valence-electron chi connectivity index (χ2n) is 5.07. The molecule has 0 aliphatic heterocycles. The van der Waals surface area contributed by atoms with Crippen LogP contribution in [0.5, 0.6) is 0 Å². The molecule has 0 spiro atoms. The van der Waals surface area contributed by atoms with Crippen LogP contribution in [0.2, 0.25) is 0 Å². The molecule has 1 saturated carbocycles. The molecule has 0 heterocycles. The summed E-state index contributed by atoms with van der Waals surface area (Å²) in [5.41, 5.74) is 2.66. The van der Waals surface area contributed by atoms with E-state index in [2.05, 4.69) is 27.3 Å². The Bertz CT molecular complexity index is 638. The number of anilines is 1. The fraction of sp³-hybridized carbons (Fsp3) is 0.250. The predicted octanol–water partition coefficient (Wildman–Crippen LogP) is 5.22. The summed E-state index contributed by atoms with van der Waals surface area (Å²) >= 11 is 2.97. The van der Waals surface area contributed by atoms with Crippen LogP contribution >= 0.6 is 15.9 Å². The van der Waals surface area contributed by atoms with Crippen molar-refractivity contribution in [3.05, 3.63) is 63.6 Å². The Morgan fingerprint density at radius 3 is 2.60 bits per heavy atom. The van der Waals surface area contributed by atoms with Gasteiger partial charge in [-0.2, -0.15) is 0 Å². The second-order valence-corrected chi connectivity index (χ2v) is 5.93. The van der Waals surface area contributed by atoms with Gasteiger partial charge in [-0.05, 0) is 51.9 Å². The lowest BCUT2D eigenvalue weighted by Gasteiger charge is -2.12. The van der Waals surface area contributed by atoms with E-state index in [1.165, 1.54) is 24.5 Å². The maximum atomic E-state index is 13.7. The molecule has 1 N–H and O–H groups in total. The van der Waals surface area contributed by atoms with Gasteiger partial charge in [0.1, 0.15) is 11.6 Å². The van der Waals surface area contributed by atoms with Crippen molar-refractivity contribution in [2.75, 3.05) is 5.32 Å². The molecule has 20 heavy (non-hydrogen) atoms. The van der Waals surface area contributed by atoms with Gasteiger partial charge in [-0.3, -0.25) is 0 Å². The van der Waals surface area contributed by atoms with Gasteiger partial charge in [0.2, 0.25) is 0 Å². The van der Waals surface area contributed by atoms with Crippen molar-refractivity contribution in [1.29, 1.82) is 0 Å². The largest absolute Gasteiger partial charge is 0.379 e. The van der Waals surface area contributed by atoms with E-state index < -0.39 is 11.6 Å². The summed E-state index contributed by atoms with van der Waals surface area (Å²) in [6, 6.07) is 10.5. The molecule has 4 heteroatoms. The molecule has 0 aromatic heterocycles. The monoisotopic (exact) mass is 337 g/mol. The van der Waals surface area contributed by atoms with Gasteiger partial charge in [-0.25, -0.2) is 8.78 Å².